The Kier molecular flexibility index (Phi) is 5.02. The van der Waals surface area contributed by atoms with Crippen molar-refractivity contribution < 1.29 is 4.74 Å². The largest absolute Gasteiger partial charge is 0.483 e. The molecular formula is C39H26N2O. The monoisotopic (exact) mass is 538 g/mol. The molecule has 3 heterocycles. The van der Waals surface area contributed by atoms with Gasteiger partial charge in [0.2, 0.25) is 0 Å². The summed E-state index contributed by atoms with van der Waals surface area (Å²) in [6.45, 7) is 0. The van der Waals surface area contributed by atoms with Crippen molar-refractivity contribution in [2.24, 2.45) is 0 Å². The van der Waals surface area contributed by atoms with E-state index < -0.39 is 0 Å². The molecule has 5 aromatic carbocycles. The maximum atomic E-state index is 6.84. The van der Waals surface area contributed by atoms with Gasteiger partial charge in [0, 0.05) is 21.7 Å². The minimum absolute atomic E-state index is 0.0512. The number of hydrogen-bond acceptors (Lipinski definition) is 2. The minimum Gasteiger partial charge on any atom is -0.483 e. The van der Waals surface area contributed by atoms with E-state index in [9.17, 15) is 0 Å². The quantitative estimate of drug-likeness (QED) is 0.224. The van der Waals surface area contributed by atoms with E-state index >= 15 is 0 Å². The molecule has 0 saturated carbocycles. The number of nitrogens with zero attached hydrogens (tertiary/aromatic N) is 2. The smallest absolute Gasteiger partial charge is 0.148 e. The number of aromatic nitrogens is 2. The van der Waals surface area contributed by atoms with Gasteiger partial charge in [-0.1, -0.05) is 109 Å². The Hall–Kier alpha value is -5.41. The van der Waals surface area contributed by atoms with Gasteiger partial charge in [-0.3, -0.25) is 0 Å². The van der Waals surface area contributed by atoms with Crippen molar-refractivity contribution in [3.8, 4) is 22.6 Å². The standard InChI is InChI=1S/C39H26N2O/c1-2-12-25(13-3-1)31-24-33(40-32-19-7-4-14-26(31)32)29-17-11-23-37-38(29)30-18-10-22-36(39(30)42-37)41-34-20-8-5-15-27(34)28-16-6-9-21-35(28)41/h1-24,37-38H. The van der Waals surface area contributed by atoms with Crippen LogP contribution in [-0.4, -0.2) is 15.7 Å². The Morgan fingerprint density at radius 3 is 2.12 bits per heavy atom. The maximum absolute atomic E-state index is 6.84. The highest BCUT2D eigenvalue weighted by Gasteiger charge is 2.39. The Bertz CT molecular complexity index is 2190. The van der Waals surface area contributed by atoms with E-state index in [2.05, 4.69) is 150 Å². The first-order chi connectivity index (χ1) is 20.8. The maximum Gasteiger partial charge on any atom is 0.148 e. The lowest BCUT2D eigenvalue weighted by Gasteiger charge is -2.23. The predicted octanol–water partition coefficient (Wildman–Crippen LogP) is 9.50. The molecule has 0 amide bonds. The molecule has 42 heavy (non-hydrogen) atoms. The van der Waals surface area contributed by atoms with Crippen molar-refractivity contribution in [3.05, 3.63) is 157 Å². The normalized spacial score (nSPS) is 17.3. The molecule has 2 unspecified atom stereocenters. The lowest BCUT2D eigenvalue weighted by molar-refractivity contribution is 0.271. The molecule has 7 aromatic rings. The number of rotatable bonds is 3. The number of allylic oxidation sites excluding steroid dienone is 2. The minimum atomic E-state index is -0.0947. The van der Waals surface area contributed by atoms with E-state index in [4.69, 9.17) is 9.72 Å². The molecule has 1 aliphatic carbocycles. The zero-order valence-corrected chi connectivity index (χ0v) is 22.8. The predicted molar refractivity (Wildman–Crippen MR) is 172 cm³/mol. The number of pyridine rings is 1. The van der Waals surface area contributed by atoms with E-state index in [1.165, 1.54) is 44.1 Å². The summed E-state index contributed by atoms with van der Waals surface area (Å²) >= 11 is 0. The molecule has 0 N–H and O–H groups in total. The average molecular weight is 539 g/mol. The topological polar surface area (TPSA) is 27.1 Å². The fourth-order valence-corrected chi connectivity index (χ4v) is 6.95. The first kappa shape index (κ1) is 23.3. The molecule has 2 aliphatic rings. The van der Waals surface area contributed by atoms with Crippen LogP contribution < -0.4 is 4.74 Å². The molecule has 2 atom stereocenters. The second-order valence-electron chi connectivity index (χ2n) is 11.1. The van der Waals surface area contributed by atoms with Crippen LogP contribution in [0.3, 0.4) is 0 Å². The third kappa shape index (κ3) is 3.37. The van der Waals surface area contributed by atoms with E-state index in [-0.39, 0.29) is 12.0 Å². The average Bonchev–Trinajstić information content (AvgIpc) is 3.61. The highest BCUT2D eigenvalue weighted by molar-refractivity contribution is 6.09. The zero-order chi connectivity index (χ0) is 27.6. The van der Waals surface area contributed by atoms with Crippen LogP contribution in [0.15, 0.2) is 146 Å². The second-order valence-corrected chi connectivity index (χ2v) is 11.1. The van der Waals surface area contributed by atoms with Gasteiger partial charge in [-0.2, -0.15) is 0 Å². The van der Waals surface area contributed by atoms with Crippen molar-refractivity contribution in [2.45, 2.75) is 12.0 Å². The number of ether oxygens (including phenoxy) is 1. The summed E-state index contributed by atoms with van der Waals surface area (Å²) in [6, 6.07) is 45.1. The summed E-state index contributed by atoms with van der Waals surface area (Å²) in [7, 11) is 0. The summed E-state index contributed by atoms with van der Waals surface area (Å²) in [4.78, 5) is 5.21. The van der Waals surface area contributed by atoms with Crippen LogP contribution in [0.1, 0.15) is 17.2 Å². The van der Waals surface area contributed by atoms with Gasteiger partial charge >= 0.3 is 0 Å². The van der Waals surface area contributed by atoms with Crippen molar-refractivity contribution in [3.63, 3.8) is 0 Å². The van der Waals surface area contributed by atoms with Crippen molar-refractivity contribution in [1.29, 1.82) is 0 Å². The third-order valence-corrected chi connectivity index (χ3v) is 8.77. The fraction of sp³-hybridized carbons (Fsp3) is 0.0513. The van der Waals surface area contributed by atoms with Gasteiger partial charge in [-0.25, -0.2) is 4.98 Å². The Balaban J connectivity index is 1.24. The summed E-state index contributed by atoms with van der Waals surface area (Å²) in [5, 5.41) is 3.65. The van der Waals surface area contributed by atoms with Crippen molar-refractivity contribution in [2.75, 3.05) is 0 Å². The van der Waals surface area contributed by atoms with Crippen LogP contribution in [0.4, 0.5) is 0 Å². The highest BCUT2D eigenvalue weighted by atomic mass is 16.5. The van der Waals surface area contributed by atoms with Crippen LogP contribution in [0.5, 0.6) is 5.75 Å². The lowest BCUT2D eigenvalue weighted by Crippen LogP contribution is -2.20. The van der Waals surface area contributed by atoms with Crippen LogP contribution in [-0.2, 0) is 0 Å². The van der Waals surface area contributed by atoms with Crippen LogP contribution in [0.25, 0.3) is 55.1 Å². The SMILES string of the molecule is C1=CC2Oc3c(cccc3-n3c4ccccc4c4ccccc43)C2C(c2cc(-c3ccccc3)c3ccccc3n2)=C1. The summed E-state index contributed by atoms with van der Waals surface area (Å²) in [6.07, 6.45) is 6.44. The number of hydrogen-bond donors (Lipinski definition) is 0. The molecule has 0 saturated heterocycles. The van der Waals surface area contributed by atoms with Gasteiger partial charge < -0.3 is 9.30 Å². The molecule has 9 rings (SSSR count). The van der Waals surface area contributed by atoms with Gasteiger partial charge in [-0.05, 0) is 53.1 Å². The van der Waals surface area contributed by atoms with E-state index in [0.29, 0.717) is 0 Å². The molecular weight excluding hydrogens is 512 g/mol. The van der Waals surface area contributed by atoms with E-state index in [0.717, 1.165) is 28.0 Å². The van der Waals surface area contributed by atoms with Crippen LogP contribution in [0.2, 0.25) is 0 Å². The van der Waals surface area contributed by atoms with Crippen molar-refractivity contribution >= 4 is 38.3 Å². The van der Waals surface area contributed by atoms with Gasteiger partial charge in [-0.15, -0.1) is 0 Å². The van der Waals surface area contributed by atoms with Gasteiger partial charge in [0.1, 0.15) is 11.9 Å². The second kappa shape index (κ2) is 9.05. The summed E-state index contributed by atoms with van der Waals surface area (Å²) < 4.78 is 9.20. The van der Waals surface area contributed by atoms with Crippen LogP contribution in [0, 0.1) is 0 Å². The third-order valence-electron chi connectivity index (χ3n) is 8.77. The molecule has 2 aromatic heterocycles. The number of fused-ring (bicyclic) bond motifs is 7. The van der Waals surface area contributed by atoms with Crippen LogP contribution >= 0.6 is 0 Å². The van der Waals surface area contributed by atoms with E-state index in [1.54, 1.807) is 0 Å². The molecule has 3 heteroatoms. The fourth-order valence-electron chi connectivity index (χ4n) is 6.95. The van der Waals surface area contributed by atoms with Crippen molar-refractivity contribution in [1.82, 2.24) is 9.55 Å². The molecule has 3 nitrogen and oxygen atoms in total. The molecule has 1 aliphatic heterocycles. The number of benzene rings is 5. The van der Waals surface area contributed by atoms with Gasteiger partial charge in [0.05, 0.1) is 33.8 Å². The molecule has 0 radical (unpaired) electrons. The lowest BCUT2D eigenvalue weighted by atomic mass is 9.82. The molecule has 0 bridgehead atoms. The molecule has 198 valence electrons. The summed E-state index contributed by atoms with van der Waals surface area (Å²) in [5.74, 6) is 0.996. The molecule has 0 spiro atoms. The first-order valence-electron chi connectivity index (χ1n) is 14.5. The Labute approximate surface area is 243 Å². The van der Waals surface area contributed by atoms with E-state index in [1.807, 2.05) is 0 Å². The zero-order valence-electron chi connectivity index (χ0n) is 22.8. The Morgan fingerprint density at radius 2 is 1.33 bits per heavy atom. The number of para-hydroxylation sites is 4. The Morgan fingerprint density at radius 1 is 0.643 bits per heavy atom. The van der Waals surface area contributed by atoms with Gasteiger partial charge in [0.15, 0.2) is 0 Å². The molecule has 0 fully saturated rings. The first-order valence-corrected chi connectivity index (χ1v) is 14.5. The van der Waals surface area contributed by atoms with Gasteiger partial charge in [0.25, 0.3) is 0 Å². The summed E-state index contributed by atoms with van der Waals surface area (Å²) in [5.41, 5.74) is 10.2. The highest BCUT2D eigenvalue weighted by Crippen LogP contribution is 2.51.